The summed E-state index contributed by atoms with van der Waals surface area (Å²) in [4.78, 5) is 37.3. The van der Waals surface area contributed by atoms with Crippen LogP contribution in [-0.2, 0) is 22.7 Å². The van der Waals surface area contributed by atoms with E-state index in [-0.39, 0.29) is 22.6 Å². The van der Waals surface area contributed by atoms with E-state index in [1.54, 1.807) is 37.3 Å². The number of ether oxygens (including phenoxy) is 2. The van der Waals surface area contributed by atoms with E-state index in [1.165, 1.54) is 51.9 Å². The molecule has 1 N–H and O–H groups in total. The molecule has 0 spiro atoms. The molecule has 1 aliphatic heterocycles. The number of amidine groups is 1. The maximum atomic E-state index is 12.9. The van der Waals surface area contributed by atoms with Crippen molar-refractivity contribution in [3.63, 3.8) is 0 Å². The fourth-order valence-corrected chi connectivity index (χ4v) is 5.61. The van der Waals surface area contributed by atoms with Gasteiger partial charge in [-0.25, -0.2) is 9.48 Å². The first-order valence-electron chi connectivity index (χ1n) is 13.6. The molecule has 240 valence electrons. The number of carbonyl (C=O) groups is 2. The Bertz CT molecular complexity index is 1780. The molecular weight excluding hydrogens is 647 g/mol. The molecule has 11 nitrogen and oxygen atoms in total. The molecule has 0 atom stereocenters. The number of aromatic nitrogens is 3. The van der Waals surface area contributed by atoms with Crippen LogP contribution in [0.4, 0.5) is 35.3 Å². The zero-order chi connectivity index (χ0) is 33.0. The summed E-state index contributed by atoms with van der Waals surface area (Å²) < 4.78 is 47.9. The summed E-state index contributed by atoms with van der Waals surface area (Å²) in [5.74, 6) is -0.0422. The third kappa shape index (κ3) is 7.97. The second kappa shape index (κ2) is 13.8. The summed E-state index contributed by atoms with van der Waals surface area (Å²) >= 11 is 7.71. The molecule has 0 unspecified atom stereocenters. The van der Waals surface area contributed by atoms with Gasteiger partial charge in [0.1, 0.15) is 12.1 Å². The molecule has 1 fully saturated rings. The minimum Gasteiger partial charge on any atom is -0.406 e. The summed E-state index contributed by atoms with van der Waals surface area (Å²) in [5.41, 5.74) is 3.96. The monoisotopic (exact) mass is 673 g/mol. The van der Waals surface area contributed by atoms with Crippen molar-refractivity contribution < 1.29 is 32.2 Å². The van der Waals surface area contributed by atoms with Gasteiger partial charge in [0.2, 0.25) is 11.9 Å². The predicted octanol–water partition coefficient (Wildman–Crippen LogP) is 6.58. The van der Waals surface area contributed by atoms with Gasteiger partial charge in [-0.05, 0) is 60.5 Å². The highest BCUT2D eigenvalue weighted by atomic mass is 35.5. The van der Waals surface area contributed by atoms with Crippen molar-refractivity contribution in [2.75, 3.05) is 35.0 Å². The molecule has 5 rings (SSSR count). The number of amides is 3. The fraction of sp³-hybridized carbons (Fsp3) is 0.233. The van der Waals surface area contributed by atoms with Gasteiger partial charge in [0.15, 0.2) is 5.17 Å². The number of carbonyl (C=O) groups excluding carboxylic acids is 2. The van der Waals surface area contributed by atoms with E-state index in [9.17, 15) is 22.8 Å². The van der Waals surface area contributed by atoms with Gasteiger partial charge in [-0.2, -0.15) is 9.98 Å². The number of thioether (sulfide) groups is 1. The molecule has 2 heterocycles. The number of benzene rings is 3. The molecule has 4 aromatic rings. The third-order valence-electron chi connectivity index (χ3n) is 6.61. The Morgan fingerprint density at radius 2 is 1.87 bits per heavy atom. The van der Waals surface area contributed by atoms with Crippen LogP contribution in [0.2, 0.25) is 5.02 Å². The molecule has 16 heteroatoms. The van der Waals surface area contributed by atoms with Crippen molar-refractivity contribution in [1.82, 2.24) is 14.8 Å². The minimum atomic E-state index is -4.78. The zero-order valence-electron chi connectivity index (χ0n) is 24.7. The van der Waals surface area contributed by atoms with E-state index < -0.39 is 12.4 Å². The van der Waals surface area contributed by atoms with Crippen molar-refractivity contribution in [3.05, 3.63) is 88.7 Å². The molecule has 1 aliphatic rings. The molecule has 0 radical (unpaired) electrons. The van der Waals surface area contributed by atoms with Crippen LogP contribution in [0, 0.1) is 6.92 Å². The van der Waals surface area contributed by atoms with Gasteiger partial charge in [0.05, 0.1) is 23.7 Å². The molecule has 0 saturated carbocycles. The fourth-order valence-electron chi connectivity index (χ4n) is 4.51. The Morgan fingerprint density at radius 3 is 2.57 bits per heavy atom. The number of hydrogen-bond acceptors (Lipinski definition) is 8. The SMILES string of the molecule is COCc1ccc(C)cc1N1C(=O)CS/C1=N\C(=O)Nc1ccc(CN(C)c2ncn(-c3ccc(OC(F)(F)F)cc3)n2)c(Cl)c1. The topological polar surface area (TPSA) is 114 Å². The number of aryl methyl sites for hydroxylation is 1. The maximum absolute atomic E-state index is 12.9. The Labute approximate surface area is 271 Å². The van der Waals surface area contributed by atoms with Crippen molar-refractivity contribution in [2.45, 2.75) is 26.4 Å². The van der Waals surface area contributed by atoms with Crippen molar-refractivity contribution >= 4 is 57.8 Å². The molecular formula is C30H27ClF3N7O4S. The third-order valence-corrected chi connectivity index (χ3v) is 7.89. The van der Waals surface area contributed by atoms with E-state index in [4.69, 9.17) is 16.3 Å². The van der Waals surface area contributed by atoms with E-state index in [0.29, 0.717) is 46.7 Å². The van der Waals surface area contributed by atoms with Crippen LogP contribution in [0.15, 0.2) is 72.0 Å². The first-order chi connectivity index (χ1) is 21.9. The average molecular weight is 674 g/mol. The maximum Gasteiger partial charge on any atom is 0.573 e. The number of nitrogens with zero attached hydrogens (tertiary/aromatic N) is 6. The number of urea groups is 1. The van der Waals surface area contributed by atoms with Crippen LogP contribution in [0.25, 0.3) is 5.69 Å². The quantitative estimate of drug-likeness (QED) is 0.212. The lowest BCUT2D eigenvalue weighted by molar-refractivity contribution is -0.274. The average Bonchev–Trinajstić information content (AvgIpc) is 3.62. The second-order valence-electron chi connectivity index (χ2n) is 10.1. The Morgan fingerprint density at radius 1 is 1.13 bits per heavy atom. The summed E-state index contributed by atoms with van der Waals surface area (Å²) in [7, 11) is 3.32. The van der Waals surface area contributed by atoms with Crippen LogP contribution >= 0.6 is 23.4 Å². The normalized spacial score (nSPS) is 14.2. The van der Waals surface area contributed by atoms with Crippen LogP contribution in [0.3, 0.4) is 0 Å². The lowest BCUT2D eigenvalue weighted by Crippen LogP contribution is -2.31. The van der Waals surface area contributed by atoms with E-state index in [0.717, 1.165) is 11.1 Å². The summed E-state index contributed by atoms with van der Waals surface area (Å²) in [6, 6.07) is 15.2. The number of rotatable bonds is 9. The van der Waals surface area contributed by atoms with Gasteiger partial charge in [-0.1, -0.05) is 41.6 Å². The van der Waals surface area contributed by atoms with Gasteiger partial charge in [-0.15, -0.1) is 18.3 Å². The highest BCUT2D eigenvalue weighted by molar-refractivity contribution is 8.15. The van der Waals surface area contributed by atoms with Gasteiger partial charge in [0.25, 0.3) is 0 Å². The molecule has 3 amide bonds. The predicted molar refractivity (Wildman–Crippen MR) is 170 cm³/mol. The number of anilines is 3. The molecule has 1 saturated heterocycles. The van der Waals surface area contributed by atoms with Gasteiger partial charge in [0, 0.05) is 37.0 Å². The number of halogens is 4. The Kier molecular flexibility index (Phi) is 9.84. The van der Waals surface area contributed by atoms with Gasteiger partial charge < -0.3 is 19.7 Å². The lowest BCUT2D eigenvalue weighted by Gasteiger charge is -2.20. The van der Waals surface area contributed by atoms with Crippen LogP contribution in [-0.4, -0.2) is 58.1 Å². The summed E-state index contributed by atoms with van der Waals surface area (Å²) in [5, 5.41) is 7.71. The highest BCUT2D eigenvalue weighted by Crippen LogP contribution is 2.32. The molecule has 0 bridgehead atoms. The number of methoxy groups -OCH3 is 1. The van der Waals surface area contributed by atoms with Gasteiger partial charge in [-0.3, -0.25) is 9.69 Å². The van der Waals surface area contributed by atoms with Crippen molar-refractivity contribution in [3.8, 4) is 11.4 Å². The standard InChI is InChI=1S/C30H27ClF3N7O4S/c1-18-4-5-20(15-44-3)25(12-18)41-26(42)16-46-29(41)37-28(43)36-21-7-6-19(24(31)13-21)14-39(2)27-35-17-40(38-27)22-8-10-23(11-9-22)45-30(32,33)34/h4-13,17H,14-16H2,1-3H3,(H,36,43)/b37-29-. The number of hydrogen-bond donors (Lipinski definition) is 1. The van der Waals surface area contributed by atoms with Crippen molar-refractivity contribution in [1.29, 1.82) is 0 Å². The smallest absolute Gasteiger partial charge is 0.406 e. The molecule has 1 aromatic heterocycles. The zero-order valence-corrected chi connectivity index (χ0v) is 26.3. The number of nitrogens with one attached hydrogen (secondary N) is 1. The lowest BCUT2D eigenvalue weighted by atomic mass is 10.1. The van der Waals surface area contributed by atoms with E-state index in [1.807, 2.05) is 25.1 Å². The minimum absolute atomic E-state index is 0.150. The molecule has 46 heavy (non-hydrogen) atoms. The number of alkyl halides is 3. The van der Waals surface area contributed by atoms with Crippen molar-refractivity contribution in [2.24, 2.45) is 4.99 Å². The Hall–Kier alpha value is -4.60. The molecule has 0 aliphatic carbocycles. The number of aliphatic imine (C=N–C) groups is 1. The first kappa shape index (κ1) is 32.8. The summed E-state index contributed by atoms with van der Waals surface area (Å²) in [6.45, 7) is 2.51. The van der Waals surface area contributed by atoms with E-state index in [2.05, 4.69) is 25.1 Å². The van der Waals surface area contributed by atoms with Crippen LogP contribution in [0.5, 0.6) is 5.75 Å². The largest absolute Gasteiger partial charge is 0.573 e. The second-order valence-corrected chi connectivity index (χ2v) is 11.5. The van der Waals surface area contributed by atoms with Crippen LogP contribution in [0.1, 0.15) is 16.7 Å². The van der Waals surface area contributed by atoms with Crippen LogP contribution < -0.4 is 19.9 Å². The molecule has 3 aromatic carbocycles. The first-order valence-corrected chi connectivity index (χ1v) is 15.0. The van der Waals surface area contributed by atoms with E-state index >= 15 is 0 Å². The highest BCUT2D eigenvalue weighted by Gasteiger charge is 2.32. The summed E-state index contributed by atoms with van der Waals surface area (Å²) in [6.07, 6.45) is -3.35. The van der Waals surface area contributed by atoms with Gasteiger partial charge >= 0.3 is 12.4 Å². The Balaban J connectivity index is 1.23.